The van der Waals surface area contributed by atoms with Gasteiger partial charge < -0.3 is 10.5 Å². The van der Waals surface area contributed by atoms with Crippen LogP contribution >= 0.6 is 27.5 Å². The molecule has 100 valence electrons. The number of benzene rings is 1. The number of nitrogens with two attached hydrogens (primary N) is 1. The van der Waals surface area contributed by atoms with E-state index >= 15 is 0 Å². The summed E-state index contributed by atoms with van der Waals surface area (Å²) in [6, 6.07) is 7.29. The van der Waals surface area contributed by atoms with Crippen molar-refractivity contribution in [3.63, 3.8) is 0 Å². The Bertz CT molecular complexity index is 577. The van der Waals surface area contributed by atoms with Crippen molar-refractivity contribution in [2.75, 3.05) is 6.61 Å². The number of hydrogen-bond donors (Lipinski definition) is 1. The van der Waals surface area contributed by atoms with Gasteiger partial charge in [-0.2, -0.15) is 0 Å². The van der Waals surface area contributed by atoms with E-state index in [4.69, 9.17) is 22.1 Å². The quantitative estimate of drug-likeness (QED) is 0.916. The van der Waals surface area contributed by atoms with E-state index in [1.165, 1.54) is 0 Å². The number of nitrogens with zero attached hydrogens (tertiary/aromatic N) is 1. The molecule has 0 aliphatic rings. The molecule has 0 aliphatic heterocycles. The van der Waals surface area contributed by atoms with E-state index in [9.17, 15) is 0 Å². The van der Waals surface area contributed by atoms with Crippen LogP contribution in [-0.4, -0.2) is 11.6 Å². The Labute approximate surface area is 125 Å². The molecule has 1 atom stereocenters. The van der Waals surface area contributed by atoms with E-state index < -0.39 is 0 Å². The molecule has 19 heavy (non-hydrogen) atoms. The van der Waals surface area contributed by atoms with Crippen LogP contribution < -0.4 is 10.5 Å². The van der Waals surface area contributed by atoms with E-state index in [1.54, 1.807) is 12.4 Å². The number of ether oxygens (including phenoxy) is 1. The first-order valence-electron chi connectivity index (χ1n) is 5.90. The number of hydrogen-bond acceptors (Lipinski definition) is 3. The Morgan fingerprint density at radius 3 is 2.79 bits per heavy atom. The summed E-state index contributed by atoms with van der Waals surface area (Å²) in [4.78, 5) is 4.15. The lowest BCUT2D eigenvalue weighted by molar-refractivity contribution is 0.338. The van der Waals surface area contributed by atoms with Gasteiger partial charge in [0.25, 0.3) is 0 Å². The Kier molecular flexibility index (Phi) is 4.80. The number of halogens is 2. The van der Waals surface area contributed by atoms with Gasteiger partial charge in [-0.25, -0.2) is 0 Å². The highest BCUT2D eigenvalue weighted by molar-refractivity contribution is 9.10. The fourth-order valence-electron chi connectivity index (χ4n) is 1.75. The van der Waals surface area contributed by atoms with Crippen LogP contribution in [0.25, 0.3) is 0 Å². The van der Waals surface area contributed by atoms with Crippen LogP contribution in [0.3, 0.4) is 0 Å². The minimum Gasteiger partial charge on any atom is -0.492 e. The van der Waals surface area contributed by atoms with Gasteiger partial charge in [-0.15, -0.1) is 0 Å². The molecule has 3 nitrogen and oxygen atoms in total. The van der Waals surface area contributed by atoms with Gasteiger partial charge in [0.15, 0.2) is 0 Å². The van der Waals surface area contributed by atoms with Crippen molar-refractivity contribution in [1.29, 1.82) is 0 Å². The van der Waals surface area contributed by atoms with Crippen molar-refractivity contribution in [2.45, 2.75) is 13.0 Å². The van der Waals surface area contributed by atoms with Crippen molar-refractivity contribution in [3.05, 3.63) is 57.3 Å². The second kappa shape index (κ2) is 6.37. The van der Waals surface area contributed by atoms with Crippen LogP contribution in [0.4, 0.5) is 0 Å². The molecular weight excluding hydrogens is 328 g/mol. The molecular formula is C14H14BrClN2O. The van der Waals surface area contributed by atoms with Gasteiger partial charge in [0.2, 0.25) is 0 Å². The summed E-state index contributed by atoms with van der Waals surface area (Å²) < 4.78 is 6.26. The zero-order valence-corrected chi connectivity index (χ0v) is 12.8. The lowest BCUT2D eigenvalue weighted by Gasteiger charge is -2.14. The van der Waals surface area contributed by atoms with Crippen LogP contribution in [0.15, 0.2) is 41.1 Å². The molecule has 0 spiro atoms. The molecule has 1 aromatic carbocycles. The summed E-state index contributed by atoms with van der Waals surface area (Å²) >= 11 is 9.38. The Hall–Kier alpha value is -1.10. The van der Waals surface area contributed by atoms with Crippen molar-refractivity contribution >= 4 is 27.5 Å². The molecule has 5 heteroatoms. The molecule has 1 heterocycles. The smallest absolute Gasteiger partial charge is 0.137 e. The highest BCUT2D eigenvalue weighted by Gasteiger charge is 2.11. The first-order chi connectivity index (χ1) is 9.11. The van der Waals surface area contributed by atoms with Gasteiger partial charge in [-0.1, -0.05) is 17.7 Å². The predicted molar refractivity (Wildman–Crippen MR) is 80.6 cm³/mol. The average Bonchev–Trinajstić information content (AvgIpc) is 2.42. The first-order valence-corrected chi connectivity index (χ1v) is 7.07. The van der Waals surface area contributed by atoms with Crippen LogP contribution in [-0.2, 0) is 0 Å². The lowest BCUT2D eigenvalue weighted by atomic mass is 10.0. The van der Waals surface area contributed by atoms with Crippen LogP contribution in [0.5, 0.6) is 5.75 Å². The average molecular weight is 342 g/mol. The third-order valence-corrected chi connectivity index (χ3v) is 3.92. The monoisotopic (exact) mass is 340 g/mol. The normalized spacial score (nSPS) is 12.2. The van der Waals surface area contributed by atoms with E-state index in [-0.39, 0.29) is 6.04 Å². The van der Waals surface area contributed by atoms with Gasteiger partial charge in [-0.3, -0.25) is 4.98 Å². The summed E-state index contributed by atoms with van der Waals surface area (Å²) in [6.45, 7) is 2.54. The zero-order valence-electron chi connectivity index (χ0n) is 10.4. The third-order valence-electron chi connectivity index (χ3n) is 2.71. The standard InChI is InChI=1S/C14H14BrClN2O/c1-2-19-11-5-10(7-18-8-11)14(17)9-3-4-13(16)12(15)6-9/h3-8,14H,2,17H2,1H3. The number of pyridine rings is 1. The maximum atomic E-state index is 6.24. The van der Waals surface area contributed by atoms with Gasteiger partial charge in [0.1, 0.15) is 5.75 Å². The number of rotatable bonds is 4. The van der Waals surface area contributed by atoms with Crippen LogP contribution in [0, 0.1) is 0 Å². The van der Waals surface area contributed by atoms with Crippen molar-refractivity contribution in [1.82, 2.24) is 4.98 Å². The maximum absolute atomic E-state index is 6.24. The molecule has 0 fully saturated rings. The Morgan fingerprint density at radius 1 is 1.32 bits per heavy atom. The van der Waals surface area contributed by atoms with Gasteiger partial charge in [0, 0.05) is 10.7 Å². The molecule has 0 amide bonds. The topological polar surface area (TPSA) is 48.1 Å². The zero-order chi connectivity index (χ0) is 13.8. The molecule has 2 N–H and O–H groups in total. The second-order valence-corrected chi connectivity index (χ2v) is 5.30. The minimum absolute atomic E-state index is 0.263. The second-order valence-electron chi connectivity index (χ2n) is 4.04. The Morgan fingerprint density at radius 2 is 2.11 bits per heavy atom. The van der Waals surface area contributed by atoms with E-state index in [1.807, 2.05) is 31.2 Å². The molecule has 2 aromatic rings. The summed E-state index contributed by atoms with van der Waals surface area (Å²) in [6.07, 6.45) is 3.42. The molecule has 0 aliphatic carbocycles. The lowest BCUT2D eigenvalue weighted by Crippen LogP contribution is -2.12. The SMILES string of the molecule is CCOc1cncc(C(N)c2ccc(Cl)c(Br)c2)c1. The van der Waals surface area contributed by atoms with Crippen molar-refractivity contribution < 1.29 is 4.74 Å². The number of aromatic nitrogens is 1. The summed E-state index contributed by atoms with van der Waals surface area (Å²) in [5.74, 6) is 0.725. The highest BCUT2D eigenvalue weighted by atomic mass is 79.9. The molecule has 0 saturated heterocycles. The van der Waals surface area contributed by atoms with E-state index in [0.717, 1.165) is 21.3 Å². The Balaban J connectivity index is 2.29. The predicted octanol–water partition coefficient (Wildman–Crippen LogP) is 3.94. The van der Waals surface area contributed by atoms with Crippen LogP contribution in [0.1, 0.15) is 24.1 Å². The third kappa shape index (κ3) is 3.47. The maximum Gasteiger partial charge on any atom is 0.137 e. The summed E-state index contributed by atoms with van der Waals surface area (Å²) in [5, 5.41) is 0.664. The molecule has 0 bridgehead atoms. The van der Waals surface area contributed by atoms with Gasteiger partial charge in [0.05, 0.1) is 23.9 Å². The fraction of sp³-hybridized carbons (Fsp3) is 0.214. The molecule has 0 saturated carbocycles. The van der Waals surface area contributed by atoms with E-state index in [2.05, 4.69) is 20.9 Å². The minimum atomic E-state index is -0.263. The van der Waals surface area contributed by atoms with E-state index in [0.29, 0.717) is 11.6 Å². The van der Waals surface area contributed by atoms with Crippen molar-refractivity contribution in [3.8, 4) is 5.75 Å². The molecule has 1 aromatic heterocycles. The molecule has 2 rings (SSSR count). The molecule has 0 radical (unpaired) electrons. The largest absolute Gasteiger partial charge is 0.492 e. The van der Waals surface area contributed by atoms with Gasteiger partial charge in [-0.05, 0) is 52.2 Å². The molecule has 1 unspecified atom stereocenters. The van der Waals surface area contributed by atoms with Crippen LogP contribution in [0.2, 0.25) is 5.02 Å². The summed E-state index contributed by atoms with van der Waals surface area (Å²) in [7, 11) is 0. The highest BCUT2D eigenvalue weighted by Crippen LogP contribution is 2.28. The van der Waals surface area contributed by atoms with Crippen molar-refractivity contribution in [2.24, 2.45) is 5.73 Å². The fourth-order valence-corrected chi connectivity index (χ4v) is 2.26. The first kappa shape index (κ1) is 14.3. The van der Waals surface area contributed by atoms with Gasteiger partial charge >= 0.3 is 0 Å². The summed E-state index contributed by atoms with van der Waals surface area (Å²) in [5.41, 5.74) is 8.11.